The largest absolute Gasteiger partial charge is 0.480 e. The quantitative estimate of drug-likeness (QED) is 0.227. The van der Waals surface area contributed by atoms with Crippen LogP contribution in [0.25, 0.3) is 0 Å². The molecule has 24 heavy (non-hydrogen) atoms. The predicted molar refractivity (Wildman–Crippen MR) is 86.4 cm³/mol. The third kappa shape index (κ3) is 10.0. The lowest BCUT2D eigenvalue weighted by molar-refractivity contribution is -0.139. The zero-order chi connectivity index (χ0) is 18.7. The minimum absolute atomic E-state index is 0.0924. The SMILES string of the molecule is C[C@@H](CO)SC[C@H](NC(=O)CC[C@H](N)C(=O)O)C(=O)NCC(=O)O. The van der Waals surface area contributed by atoms with E-state index >= 15 is 0 Å². The van der Waals surface area contributed by atoms with Gasteiger partial charge in [-0.2, -0.15) is 11.8 Å². The van der Waals surface area contributed by atoms with E-state index < -0.39 is 42.4 Å². The average Bonchev–Trinajstić information content (AvgIpc) is 2.53. The van der Waals surface area contributed by atoms with Crippen LogP contribution < -0.4 is 16.4 Å². The van der Waals surface area contributed by atoms with Gasteiger partial charge in [0.05, 0.1) is 6.61 Å². The van der Waals surface area contributed by atoms with Crippen molar-refractivity contribution in [2.75, 3.05) is 18.9 Å². The predicted octanol–water partition coefficient (Wildman–Crippen LogP) is -2.02. The van der Waals surface area contributed by atoms with Crippen molar-refractivity contribution in [3.05, 3.63) is 0 Å². The summed E-state index contributed by atoms with van der Waals surface area (Å²) in [6, 6.07) is -2.18. The first-order valence-electron chi connectivity index (χ1n) is 7.17. The summed E-state index contributed by atoms with van der Waals surface area (Å²) in [7, 11) is 0. The van der Waals surface area contributed by atoms with E-state index in [1.807, 2.05) is 0 Å². The van der Waals surface area contributed by atoms with E-state index in [-0.39, 0.29) is 30.5 Å². The number of carboxylic acids is 2. The maximum absolute atomic E-state index is 11.9. The number of amides is 2. The van der Waals surface area contributed by atoms with Gasteiger partial charge in [-0.05, 0) is 6.42 Å². The van der Waals surface area contributed by atoms with E-state index in [1.165, 1.54) is 11.8 Å². The van der Waals surface area contributed by atoms with Crippen LogP contribution >= 0.6 is 11.8 Å². The smallest absolute Gasteiger partial charge is 0.322 e. The molecule has 3 atom stereocenters. The van der Waals surface area contributed by atoms with Gasteiger partial charge in [0, 0.05) is 17.4 Å². The molecule has 10 nitrogen and oxygen atoms in total. The fourth-order valence-electron chi connectivity index (χ4n) is 1.46. The molecule has 0 rings (SSSR count). The Labute approximate surface area is 143 Å². The molecule has 0 aromatic heterocycles. The lowest BCUT2D eigenvalue weighted by Gasteiger charge is -2.19. The zero-order valence-corrected chi connectivity index (χ0v) is 14.0. The van der Waals surface area contributed by atoms with Crippen LogP contribution in [0.1, 0.15) is 19.8 Å². The van der Waals surface area contributed by atoms with Crippen LogP contribution in [0.2, 0.25) is 0 Å². The molecule has 2 amide bonds. The Balaban J connectivity index is 4.60. The molecule has 0 unspecified atom stereocenters. The van der Waals surface area contributed by atoms with Gasteiger partial charge < -0.3 is 31.7 Å². The Morgan fingerprint density at radius 1 is 1.21 bits per heavy atom. The maximum atomic E-state index is 11.9. The Morgan fingerprint density at radius 2 is 1.83 bits per heavy atom. The first kappa shape index (κ1) is 22.1. The maximum Gasteiger partial charge on any atom is 0.322 e. The standard InChI is InChI=1S/C13H23N3O7S/c1-7(5-17)24-6-9(12(21)15-4-11(19)20)16-10(18)3-2-8(14)13(22)23/h7-9,17H,2-6,14H2,1H3,(H,15,21)(H,16,18)(H,19,20)(H,22,23)/t7-,8-,9-/m0/s1. The lowest BCUT2D eigenvalue weighted by atomic mass is 10.1. The van der Waals surface area contributed by atoms with Crippen molar-refractivity contribution in [1.29, 1.82) is 0 Å². The average molecular weight is 365 g/mol. The minimum atomic E-state index is -1.23. The lowest BCUT2D eigenvalue weighted by Crippen LogP contribution is -2.49. The number of hydrogen-bond donors (Lipinski definition) is 6. The second-order valence-electron chi connectivity index (χ2n) is 5.04. The number of nitrogens with two attached hydrogens (primary N) is 1. The van der Waals surface area contributed by atoms with Gasteiger partial charge in [0.15, 0.2) is 0 Å². The highest BCUT2D eigenvalue weighted by atomic mass is 32.2. The third-order valence-electron chi connectivity index (χ3n) is 2.87. The normalized spacial score (nSPS) is 14.3. The van der Waals surface area contributed by atoms with Gasteiger partial charge in [0.2, 0.25) is 11.8 Å². The first-order valence-corrected chi connectivity index (χ1v) is 8.22. The second kappa shape index (κ2) is 11.6. The Kier molecular flexibility index (Phi) is 10.8. The third-order valence-corrected chi connectivity index (χ3v) is 4.11. The summed E-state index contributed by atoms with van der Waals surface area (Å²) in [6.45, 7) is 1.02. The van der Waals surface area contributed by atoms with Crippen molar-refractivity contribution < 1.29 is 34.5 Å². The molecule has 7 N–H and O–H groups in total. The molecule has 11 heteroatoms. The van der Waals surface area contributed by atoms with Crippen LogP contribution in [-0.4, -0.2) is 75.3 Å². The highest BCUT2D eigenvalue weighted by Crippen LogP contribution is 2.11. The highest BCUT2D eigenvalue weighted by molar-refractivity contribution is 7.99. The molecule has 0 aliphatic carbocycles. The van der Waals surface area contributed by atoms with Crippen molar-refractivity contribution in [1.82, 2.24) is 10.6 Å². The van der Waals surface area contributed by atoms with Crippen molar-refractivity contribution in [2.24, 2.45) is 5.73 Å². The van der Waals surface area contributed by atoms with Gasteiger partial charge in [0.1, 0.15) is 18.6 Å². The van der Waals surface area contributed by atoms with Gasteiger partial charge in [-0.15, -0.1) is 0 Å². The summed E-state index contributed by atoms with van der Waals surface area (Å²) in [4.78, 5) is 44.9. The number of carbonyl (C=O) groups is 4. The number of rotatable bonds is 12. The molecule has 0 aliphatic heterocycles. The van der Waals surface area contributed by atoms with Crippen molar-refractivity contribution >= 4 is 35.5 Å². The van der Waals surface area contributed by atoms with Crippen molar-refractivity contribution in [2.45, 2.75) is 37.1 Å². The number of carboxylic acid groups (broad SMARTS) is 2. The first-order chi connectivity index (χ1) is 11.2. The van der Waals surface area contributed by atoms with Crippen molar-refractivity contribution in [3.8, 4) is 0 Å². The summed E-state index contributed by atoms with van der Waals surface area (Å²) in [5.41, 5.74) is 5.30. The van der Waals surface area contributed by atoms with Gasteiger partial charge in [-0.1, -0.05) is 6.92 Å². The van der Waals surface area contributed by atoms with E-state index in [2.05, 4.69) is 10.6 Å². The number of thioether (sulfide) groups is 1. The summed E-state index contributed by atoms with van der Waals surface area (Å²) in [6.07, 6.45) is -0.277. The number of aliphatic carboxylic acids is 2. The van der Waals surface area contributed by atoms with Crippen LogP contribution in [-0.2, 0) is 19.2 Å². The number of carbonyl (C=O) groups excluding carboxylic acids is 2. The molecular weight excluding hydrogens is 342 g/mol. The van der Waals surface area contributed by atoms with Gasteiger partial charge in [0.25, 0.3) is 0 Å². The summed E-state index contributed by atoms with van der Waals surface area (Å²) >= 11 is 1.23. The molecule has 0 saturated heterocycles. The van der Waals surface area contributed by atoms with E-state index in [4.69, 9.17) is 21.1 Å². The van der Waals surface area contributed by atoms with E-state index in [0.717, 1.165) is 0 Å². The van der Waals surface area contributed by atoms with Gasteiger partial charge in [-0.3, -0.25) is 19.2 Å². The second-order valence-corrected chi connectivity index (χ2v) is 6.51. The monoisotopic (exact) mass is 365 g/mol. The van der Waals surface area contributed by atoms with Crippen LogP contribution in [0.4, 0.5) is 0 Å². The highest BCUT2D eigenvalue weighted by Gasteiger charge is 2.23. The van der Waals surface area contributed by atoms with Gasteiger partial charge >= 0.3 is 11.9 Å². The van der Waals surface area contributed by atoms with Crippen molar-refractivity contribution in [3.63, 3.8) is 0 Å². The summed E-state index contributed by atoms with van der Waals surface area (Å²) < 4.78 is 0. The molecule has 138 valence electrons. The molecule has 0 aliphatic rings. The van der Waals surface area contributed by atoms with Crippen LogP contribution in [0.3, 0.4) is 0 Å². The van der Waals surface area contributed by atoms with E-state index in [0.29, 0.717) is 0 Å². The molecule has 0 bridgehead atoms. The number of aliphatic hydroxyl groups is 1. The minimum Gasteiger partial charge on any atom is -0.480 e. The molecule has 0 aromatic rings. The molecular formula is C13H23N3O7S. The Hall–Kier alpha value is -1.85. The fraction of sp³-hybridized carbons (Fsp3) is 0.692. The fourth-order valence-corrected chi connectivity index (χ4v) is 2.32. The molecule has 0 saturated carbocycles. The molecule has 0 fully saturated rings. The molecule has 0 aromatic carbocycles. The van der Waals surface area contributed by atoms with E-state index in [9.17, 15) is 19.2 Å². The number of nitrogens with one attached hydrogen (secondary N) is 2. The number of hydrogen-bond acceptors (Lipinski definition) is 7. The van der Waals surface area contributed by atoms with Crippen LogP contribution in [0.15, 0.2) is 0 Å². The Morgan fingerprint density at radius 3 is 2.33 bits per heavy atom. The molecule has 0 spiro atoms. The molecule has 0 radical (unpaired) electrons. The van der Waals surface area contributed by atoms with Gasteiger partial charge in [-0.25, -0.2) is 0 Å². The number of aliphatic hydroxyl groups excluding tert-OH is 1. The summed E-state index contributed by atoms with van der Waals surface area (Å²) in [5, 5.41) is 30.6. The zero-order valence-electron chi connectivity index (χ0n) is 13.2. The summed E-state index contributed by atoms with van der Waals surface area (Å²) in [5.74, 6) is -3.57. The van der Waals surface area contributed by atoms with Crippen LogP contribution in [0, 0.1) is 0 Å². The Bertz CT molecular complexity index is 461. The van der Waals surface area contributed by atoms with E-state index in [1.54, 1.807) is 6.92 Å². The van der Waals surface area contributed by atoms with Crippen LogP contribution in [0.5, 0.6) is 0 Å². The topological polar surface area (TPSA) is 179 Å². The molecule has 0 heterocycles.